The second-order valence-electron chi connectivity index (χ2n) is 4.12. The van der Waals surface area contributed by atoms with E-state index in [1.54, 1.807) is 0 Å². The molecule has 1 aliphatic heterocycles. The van der Waals surface area contributed by atoms with E-state index in [0.717, 1.165) is 31.7 Å². The van der Waals surface area contributed by atoms with Gasteiger partial charge in [-0.05, 0) is 25.7 Å². The van der Waals surface area contributed by atoms with E-state index in [2.05, 4.69) is 22.7 Å². The molecular formula is C12H20N2O2. The lowest BCUT2D eigenvalue weighted by molar-refractivity contribution is -0.163. The van der Waals surface area contributed by atoms with Crippen molar-refractivity contribution in [1.82, 2.24) is 9.55 Å². The Balaban J connectivity index is 1.66. The number of ether oxygens (including phenoxy) is 2. The number of aromatic nitrogens is 2. The molecule has 0 bridgehead atoms. The van der Waals surface area contributed by atoms with E-state index in [4.69, 9.17) is 9.47 Å². The molecule has 0 spiro atoms. The largest absolute Gasteiger partial charge is 0.353 e. The molecule has 2 rings (SSSR count). The second-order valence-corrected chi connectivity index (χ2v) is 4.12. The maximum atomic E-state index is 5.66. The van der Waals surface area contributed by atoms with Gasteiger partial charge in [0.05, 0.1) is 18.6 Å². The van der Waals surface area contributed by atoms with Gasteiger partial charge in [0.2, 0.25) is 0 Å². The average molecular weight is 224 g/mol. The van der Waals surface area contributed by atoms with Gasteiger partial charge in [-0.15, -0.1) is 0 Å². The van der Waals surface area contributed by atoms with Crippen LogP contribution < -0.4 is 0 Å². The van der Waals surface area contributed by atoms with Gasteiger partial charge in [0.1, 0.15) is 0 Å². The summed E-state index contributed by atoms with van der Waals surface area (Å²) in [7, 11) is 0. The summed E-state index contributed by atoms with van der Waals surface area (Å²) in [5.74, 6) is 0. The van der Waals surface area contributed by atoms with Gasteiger partial charge in [-0.1, -0.05) is 6.92 Å². The molecule has 0 radical (unpaired) electrons. The van der Waals surface area contributed by atoms with Crippen molar-refractivity contribution in [1.29, 1.82) is 0 Å². The maximum Gasteiger partial charge on any atom is 0.157 e. The first-order valence-electron chi connectivity index (χ1n) is 6.12. The smallest absolute Gasteiger partial charge is 0.157 e. The van der Waals surface area contributed by atoms with Crippen molar-refractivity contribution >= 4 is 0 Å². The number of aryl methyl sites for hydroxylation is 1. The predicted octanol–water partition coefficient (Wildman–Crippen LogP) is 1.99. The summed E-state index contributed by atoms with van der Waals surface area (Å²) in [6, 6.07) is 0. The van der Waals surface area contributed by atoms with Crippen LogP contribution in [0.4, 0.5) is 0 Å². The van der Waals surface area contributed by atoms with E-state index in [9.17, 15) is 0 Å². The van der Waals surface area contributed by atoms with Crippen molar-refractivity contribution in [3.05, 3.63) is 18.2 Å². The monoisotopic (exact) mass is 224 g/mol. The highest BCUT2D eigenvalue weighted by atomic mass is 16.7. The zero-order chi connectivity index (χ0) is 11.2. The highest BCUT2D eigenvalue weighted by molar-refractivity contribution is 4.95. The zero-order valence-corrected chi connectivity index (χ0v) is 9.89. The predicted molar refractivity (Wildman–Crippen MR) is 61.1 cm³/mol. The summed E-state index contributed by atoms with van der Waals surface area (Å²) >= 11 is 0. The van der Waals surface area contributed by atoms with Crippen molar-refractivity contribution in [2.45, 2.75) is 45.4 Å². The summed E-state index contributed by atoms with van der Waals surface area (Å²) in [6.07, 6.45) is 8.36. The fourth-order valence-corrected chi connectivity index (χ4v) is 1.84. The summed E-state index contributed by atoms with van der Waals surface area (Å²) in [5.41, 5.74) is 1.13. The summed E-state index contributed by atoms with van der Waals surface area (Å²) in [4.78, 5) is 4.28. The van der Waals surface area contributed by atoms with Crippen LogP contribution in [0.3, 0.4) is 0 Å². The fourth-order valence-electron chi connectivity index (χ4n) is 1.84. The molecule has 4 nitrogen and oxygen atoms in total. The van der Waals surface area contributed by atoms with E-state index in [1.807, 2.05) is 6.33 Å². The van der Waals surface area contributed by atoms with Gasteiger partial charge < -0.3 is 14.0 Å². The first-order valence-corrected chi connectivity index (χ1v) is 6.12. The Morgan fingerprint density at radius 2 is 2.50 bits per heavy atom. The SMILES string of the molecule is CCc1cn(CCOC2CCCCO2)cn1. The van der Waals surface area contributed by atoms with Gasteiger partial charge in [0.15, 0.2) is 6.29 Å². The molecule has 0 aliphatic carbocycles. The molecule has 2 heterocycles. The lowest BCUT2D eigenvalue weighted by Crippen LogP contribution is -2.23. The molecule has 1 atom stereocenters. The summed E-state index contributed by atoms with van der Waals surface area (Å²) in [6.45, 7) is 4.51. The molecular weight excluding hydrogens is 204 g/mol. The van der Waals surface area contributed by atoms with Crippen LogP contribution in [0.25, 0.3) is 0 Å². The van der Waals surface area contributed by atoms with Gasteiger partial charge in [0, 0.05) is 19.3 Å². The molecule has 90 valence electrons. The van der Waals surface area contributed by atoms with Crippen LogP contribution in [0.15, 0.2) is 12.5 Å². The van der Waals surface area contributed by atoms with Gasteiger partial charge >= 0.3 is 0 Å². The minimum atomic E-state index is 0.0166. The lowest BCUT2D eigenvalue weighted by Gasteiger charge is -2.22. The Labute approximate surface area is 96.6 Å². The highest BCUT2D eigenvalue weighted by Gasteiger charge is 2.13. The average Bonchev–Trinajstić information content (AvgIpc) is 2.78. The number of rotatable bonds is 5. The number of hydrogen-bond acceptors (Lipinski definition) is 3. The van der Waals surface area contributed by atoms with E-state index < -0.39 is 0 Å². The Bertz CT molecular complexity index is 306. The number of imidazole rings is 1. The molecule has 1 aromatic rings. The van der Waals surface area contributed by atoms with E-state index in [0.29, 0.717) is 6.61 Å². The quantitative estimate of drug-likeness (QED) is 0.767. The minimum Gasteiger partial charge on any atom is -0.353 e. The Morgan fingerprint density at radius 1 is 1.56 bits per heavy atom. The van der Waals surface area contributed by atoms with Crippen LogP contribution in [-0.4, -0.2) is 29.1 Å². The van der Waals surface area contributed by atoms with Gasteiger partial charge in [-0.25, -0.2) is 4.98 Å². The third-order valence-corrected chi connectivity index (χ3v) is 2.84. The standard InChI is InChI=1S/C12H20N2O2/c1-2-11-9-14(10-13-11)6-8-16-12-5-3-4-7-15-12/h9-10,12H,2-8H2,1H3. The van der Waals surface area contributed by atoms with Crippen molar-refractivity contribution in [3.8, 4) is 0 Å². The molecule has 1 unspecified atom stereocenters. The van der Waals surface area contributed by atoms with Crippen LogP contribution in [0, 0.1) is 0 Å². The van der Waals surface area contributed by atoms with E-state index in [-0.39, 0.29) is 6.29 Å². The van der Waals surface area contributed by atoms with Crippen LogP contribution in [0.5, 0.6) is 0 Å². The molecule has 0 amide bonds. The first kappa shape index (κ1) is 11.6. The van der Waals surface area contributed by atoms with Crippen LogP contribution >= 0.6 is 0 Å². The minimum absolute atomic E-state index is 0.0166. The molecule has 0 aromatic carbocycles. The lowest BCUT2D eigenvalue weighted by atomic mass is 10.2. The number of nitrogens with zero attached hydrogens (tertiary/aromatic N) is 2. The molecule has 1 fully saturated rings. The normalized spacial score (nSPS) is 21.2. The highest BCUT2D eigenvalue weighted by Crippen LogP contribution is 2.13. The van der Waals surface area contributed by atoms with E-state index in [1.165, 1.54) is 12.8 Å². The third kappa shape index (κ3) is 3.32. The Hall–Kier alpha value is -0.870. The maximum absolute atomic E-state index is 5.66. The van der Waals surface area contributed by atoms with Crippen LogP contribution in [0.1, 0.15) is 31.9 Å². The van der Waals surface area contributed by atoms with Gasteiger partial charge in [-0.2, -0.15) is 0 Å². The molecule has 4 heteroatoms. The van der Waals surface area contributed by atoms with E-state index >= 15 is 0 Å². The number of hydrogen-bond donors (Lipinski definition) is 0. The van der Waals surface area contributed by atoms with Crippen molar-refractivity contribution in [3.63, 3.8) is 0 Å². The van der Waals surface area contributed by atoms with Crippen LogP contribution in [-0.2, 0) is 22.4 Å². The summed E-state index contributed by atoms with van der Waals surface area (Å²) < 4.78 is 13.2. The zero-order valence-electron chi connectivity index (χ0n) is 9.89. The van der Waals surface area contributed by atoms with Crippen molar-refractivity contribution in [2.24, 2.45) is 0 Å². The van der Waals surface area contributed by atoms with Gasteiger partial charge in [0.25, 0.3) is 0 Å². The fraction of sp³-hybridized carbons (Fsp3) is 0.750. The topological polar surface area (TPSA) is 36.3 Å². The third-order valence-electron chi connectivity index (χ3n) is 2.84. The van der Waals surface area contributed by atoms with Crippen molar-refractivity contribution < 1.29 is 9.47 Å². The first-order chi connectivity index (χ1) is 7.88. The molecule has 1 saturated heterocycles. The molecule has 1 aliphatic rings. The van der Waals surface area contributed by atoms with Crippen LogP contribution in [0.2, 0.25) is 0 Å². The second kappa shape index (κ2) is 6.01. The van der Waals surface area contributed by atoms with Gasteiger partial charge in [-0.3, -0.25) is 0 Å². The molecule has 16 heavy (non-hydrogen) atoms. The Kier molecular flexibility index (Phi) is 4.36. The van der Waals surface area contributed by atoms with Crippen molar-refractivity contribution in [2.75, 3.05) is 13.2 Å². The Morgan fingerprint density at radius 3 is 3.19 bits per heavy atom. The molecule has 0 saturated carbocycles. The molecule has 0 N–H and O–H groups in total. The summed E-state index contributed by atoms with van der Waals surface area (Å²) in [5, 5.41) is 0. The molecule has 1 aromatic heterocycles.